The number of nitrogens with zero attached hydrogens (tertiary/aromatic N) is 8. The number of nitrogens with one attached hydrogen (secondary N) is 1. The molecule has 3 heterocycles. The number of thioether (sulfide) groups is 1. The summed E-state index contributed by atoms with van der Waals surface area (Å²) in [4.78, 5) is 36.4. The van der Waals surface area contributed by atoms with E-state index in [4.69, 9.17) is 9.52 Å². The van der Waals surface area contributed by atoms with Gasteiger partial charge in [0.05, 0.1) is 18.6 Å². The van der Waals surface area contributed by atoms with E-state index >= 15 is 0 Å². The first kappa shape index (κ1) is 27.1. The molecule has 4 atom stereocenters. The summed E-state index contributed by atoms with van der Waals surface area (Å²) in [5.41, 5.74) is 1.08. The fourth-order valence-corrected chi connectivity index (χ4v) is 3.44. The van der Waals surface area contributed by atoms with Gasteiger partial charge in [0.15, 0.2) is 11.2 Å². The molecule has 0 bridgehead atoms. The van der Waals surface area contributed by atoms with Crippen LogP contribution in [-0.4, -0.2) is 109 Å². The number of rotatable bonds is 11. The lowest BCUT2D eigenvalue weighted by atomic mass is 10.0. The molecule has 0 unspecified atom stereocenters. The molecule has 3 aromatic heterocycles. The SMILES string of the molecule is Cn1c(=O)c2c(nnn2Cc2nnc(SCC(=O)N/N=C/[C@H](O)[C@@H](O)[C@H](O)[C@H](O)CO)o2)n(C)c1=O. The van der Waals surface area contributed by atoms with Crippen molar-refractivity contribution < 1.29 is 34.7 Å². The summed E-state index contributed by atoms with van der Waals surface area (Å²) >= 11 is 0.857. The smallest absolute Gasteiger partial charge is 0.332 e. The normalized spacial score (nSPS) is 15.3. The highest BCUT2D eigenvalue weighted by molar-refractivity contribution is 7.99. The lowest BCUT2D eigenvalue weighted by molar-refractivity contribution is -0.118. The number of carbonyl (C=O) groups is 1. The summed E-state index contributed by atoms with van der Waals surface area (Å²) in [6, 6.07) is 0. The van der Waals surface area contributed by atoms with E-state index < -0.39 is 48.2 Å². The largest absolute Gasteiger partial charge is 0.414 e. The number of hydrogen-bond acceptors (Lipinski definition) is 15. The minimum absolute atomic E-state index is 0.0189. The van der Waals surface area contributed by atoms with Gasteiger partial charge in [-0.2, -0.15) is 5.10 Å². The Bertz CT molecular complexity index is 1360. The maximum absolute atomic E-state index is 12.5. The van der Waals surface area contributed by atoms with Crippen LogP contribution in [0.3, 0.4) is 0 Å². The van der Waals surface area contributed by atoms with Crippen molar-refractivity contribution in [1.82, 2.24) is 39.8 Å². The van der Waals surface area contributed by atoms with Crippen LogP contribution in [0, 0.1) is 0 Å². The third-order valence-electron chi connectivity index (χ3n) is 4.87. The molecule has 6 N–H and O–H groups in total. The lowest BCUT2D eigenvalue weighted by Crippen LogP contribution is -2.46. The highest BCUT2D eigenvalue weighted by atomic mass is 32.2. The molecule has 0 aliphatic heterocycles. The molecule has 0 spiro atoms. The van der Waals surface area contributed by atoms with Crippen molar-refractivity contribution in [3.63, 3.8) is 0 Å². The highest BCUT2D eigenvalue weighted by Crippen LogP contribution is 2.16. The van der Waals surface area contributed by atoms with Crippen molar-refractivity contribution in [3.05, 3.63) is 26.7 Å². The summed E-state index contributed by atoms with van der Waals surface area (Å²) < 4.78 is 8.72. The quantitative estimate of drug-likeness (QED) is 0.0771. The number of hydrazone groups is 1. The predicted octanol–water partition coefficient (Wildman–Crippen LogP) is -5.11. The second-order valence-corrected chi connectivity index (χ2v) is 8.34. The fraction of sp³-hybridized carbons (Fsp3) is 0.529. The summed E-state index contributed by atoms with van der Waals surface area (Å²) in [6.07, 6.45) is -6.37. The van der Waals surface area contributed by atoms with E-state index in [0.29, 0.717) is 0 Å². The lowest BCUT2D eigenvalue weighted by Gasteiger charge is -2.23. The average Bonchev–Trinajstić information content (AvgIpc) is 3.50. The van der Waals surface area contributed by atoms with Crippen LogP contribution in [0.15, 0.2) is 24.3 Å². The number of amides is 1. The Morgan fingerprint density at radius 1 is 1.14 bits per heavy atom. The van der Waals surface area contributed by atoms with Crippen molar-refractivity contribution in [2.24, 2.45) is 19.2 Å². The molecule has 0 fully saturated rings. The van der Waals surface area contributed by atoms with Crippen molar-refractivity contribution in [3.8, 4) is 0 Å². The summed E-state index contributed by atoms with van der Waals surface area (Å²) in [5, 5.41) is 65.7. The molecule has 0 aliphatic rings. The molecule has 1 amide bonds. The summed E-state index contributed by atoms with van der Waals surface area (Å²) in [6.45, 7) is -0.951. The van der Waals surface area contributed by atoms with Gasteiger partial charge in [-0.1, -0.05) is 17.0 Å². The third kappa shape index (κ3) is 5.83. The van der Waals surface area contributed by atoms with E-state index in [2.05, 4.69) is 31.0 Å². The maximum Gasteiger partial charge on any atom is 0.332 e. The third-order valence-corrected chi connectivity index (χ3v) is 5.69. The molecular weight excluding hydrogens is 506 g/mol. The van der Waals surface area contributed by atoms with Crippen LogP contribution in [0.4, 0.5) is 0 Å². The standard InChI is InChI=1S/C17H23N9O9S/c1-24-14-11(15(33)25(2)17(24)34)26(23-21-14)4-10-20-22-16(35-10)36-6-9(30)19-18-3-7(28)12(31)13(32)8(29)5-27/h3,7-8,12-13,27-29,31-32H,4-6H2,1-2H3,(H,19,30)/b18-3+/t7-,8+,12+,13+/m0/s1. The molecule has 3 aromatic rings. The molecule has 0 aliphatic carbocycles. The average molecular weight is 529 g/mol. The van der Waals surface area contributed by atoms with Gasteiger partial charge in [-0.3, -0.25) is 18.7 Å². The monoisotopic (exact) mass is 529 g/mol. The Balaban J connectivity index is 1.55. The van der Waals surface area contributed by atoms with E-state index in [1.54, 1.807) is 0 Å². The van der Waals surface area contributed by atoms with Crippen LogP contribution in [0.25, 0.3) is 11.2 Å². The van der Waals surface area contributed by atoms with E-state index in [-0.39, 0.29) is 34.6 Å². The van der Waals surface area contributed by atoms with Crippen molar-refractivity contribution in [2.75, 3.05) is 12.4 Å². The Morgan fingerprint density at radius 2 is 1.86 bits per heavy atom. The minimum Gasteiger partial charge on any atom is -0.414 e. The Morgan fingerprint density at radius 3 is 2.56 bits per heavy atom. The zero-order chi connectivity index (χ0) is 26.6. The van der Waals surface area contributed by atoms with Crippen LogP contribution in [-0.2, 0) is 25.4 Å². The van der Waals surface area contributed by atoms with Crippen LogP contribution in [0.2, 0.25) is 0 Å². The molecule has 36 heavy (non-hydrogen) atoms. The molecule has 3 rings (SSSR count). The first-order valence-corrected chi connectivity index (χ1v) is 11.1. The topological polar surface area (TPSA) is 256 Å². The second kappa shape index (κ2) is 11.5. The highest BCUT2D eigenvalue weighted by Gasteiger charge is 2.29. The zero-order valence-corrected chi connectivity index (χ0v) is 19.7. The van der Waals surface area contributed by atoms with Crippen molar-refractivity contribution in [1.29, 1.82) is 0 Å². The number of fused-ring (bicyclic) bond motifs is 1. The van der Waals surface area contributed by atoms with Gasteiger partial charge in [-0.15, -0.1) is 15.3 Å². The summed E-state index contributed by atoms with van der Waals surface area (Å²) in [5.74, 6) is -0.807. The van der Waals surface area contributed by atoms with Gasteiger partial charge in [0, 0.05) is 14.1 Å². The van der Waals surface area contributed by atoms with E-state index in [1.165, 1.54) is 23.3 Å². The van der Waals surface area contributed by atoms with Crippen molar-refractivity contribution >= 4 is 35.0 Å². The van der Waals surface area contributed by atoms with E-state index in [1.807, 2.05) is 0 Å². The van der Waals surface area contributed by atoms with Crippen LogP contribution in [0.1, 0.15) is 5.89 Å². The predicted molar refractivity (Wildman–Crippen MR) is 120 cm³/mol. The molecule has 0 aromatic carbocycles. The number of aliphatic hydroxyl groups is 5. The van der Waals surface area contributed by atoms with E-state index in [0.717, 1.165) is 22.5 Å². The number of aromatic nitrogens is 7. The zero-order valence-electron chi connectivity index (χ0n) is 18.9. The summed E-state index contributed by atoms with van der Waals surface area (Å²) in [7, 11) is 2.78. The second-order valence-electron chi connectivity index (χ2n) is 7.41. The number of carbonyl (C=O) groups excluding carboxylic acids is 1. The fourth-order valence-electron chi connectivity index (χ4n) is 2.87. The Hall–Kier alpha value is -3.49. The first-order valence-electron chi connectivity index (χ1n) is 10.1. The van der Waals surface area contributed by atoms with Gasteiger partial charge in [0.2, 0.25) is 5.89 Å². The first-order chi connectivity index (χ1) is 17.0. The van der Waals surface area contributed by atoms with Gasteiger partial charge in [0.25, 0.3) is 16.7 Å². The van der Waals surface area contributed by atoms with E-state index in [9.17, 15) is 34.8 Å². The molecule has 0 saturated carbocycles. The molecular formula is C17H23N9O9S. The Labute approximate surface area is 204 Å². The van der Waals surface area contributed by atoms with Crippen LogP contribution in [0.5, 0.6) is 0 Å². The maximum atomic E-state index is 12.5. The van der Waals surface area contributed by atoms with Gasteiger partial charge in [-0.05, 0) is 0 Å². The molecule has 18 nitrogen and oxygen atoms in total. The van der Waals surface area contributed by atoms with Gasteiger partial charge >= 0.3 is 5.69 Å². The molecule has 19 heteroatoms. The van der Waals surface area contributed by atoms with Gasteiger partial charge in [0.1, 0.15) is 31.0 Å². The molecule has 196 valence electrons. The minimum atomic E-state index is -1.86. The van der Waals surface area contributed by atoms with Gasteiger partial charge < -0.3 is 29.9 Å². The molecule has 0 saturated heterocycles. The van der Waals surface area contributed by atoms with Gasteiger partial charge in [-0.25, -0.2) is 14.9 Å². The van der Waals surface area contributed by atoms with Crippen molar-refractivity contribution in [2.45, 2.75) is 36.2 Å². The number of hydrogen-bond donors (Lipinski definition) is 6. The Kier molecular flexibility index (Phi) is 8.66. The molecule has 0 radical (unpaired) electrons. The van der Waals surface area contributed by atoms with Crippen LogP contribution < -0.4 is 16.7 Å². The number of aryl methyl sites for hydroxylation is 1. The van der Waals surface area contributed by atoms with Crippen LogP contribution >= 0.6 is 11.8 Å². The number of aliphatic hydroxyl groups excluding tert-OH is 5.